The first-order valence-electron chi connectivity index (χ1n) is 6.66. The summed E-state index contributed by atoms with van der Waals surface area (Å²) >= 11 is 0. The molecule has 0 saturated carbocycles. The second kappa shape index (κ2) is 10.2. The van der Waals surface area contributed by atoms with E-state index in [1.54, 1.807) is 6.55 Å². The van der Waals surface area contributed by atoms with Gasteiger partial charge in [-0.15, -0.1) is 0 Å². The molecule has 0 aliphatic heterocycles. The zero-order chi connectivity index (χ0) is 17.3. The van der Waals surface area contributed by atoms with E-state index in [9.17, 15) is 0 Å². The topological polar surface area (TPSA) is 94.1 Å². The van der Waals surface area contributed by atoms with E-state index >= 15 is 0 Å². The van der Waals surface area contributed by atoms with Crippen molar-refractivity contribution in [1.82, 2.24) is 0 Å². The van der Waals surface area contributed by atoms with Crippen LogP contribution in [0.3, 0.4) is 0 Å². The maximum Gasteiger partial charge on any atom is 0.669 e. The Bertz CT molecular complexity index is 261. The maximum absolute atomic E-state index is 9.12. The highest BCUT2D eigenvalue weighted by atomic mass is 28.5. The number of rotatable bonds is 13. The molecule has 9 nitrogen and oxygen atoms in total. The molecule has 0 rings (SSSR count). The van der Waals surface area contributed by atoms with Crippen molar-refractivity contribution in [1.29, 1.82) is 0 Å². The van der Waals surface area contributed by atoms with E-state index in [1.807, 2.05) is 0 Å². The van der Waals surface area contributed by atoms with Crippen molar-refractivity contribution in [2.24, 2.45) is 0 Å². The van der Waals surface area contributed by atoms with Crippen molar-refractivity contribution < 1.29 is 39.9 Å². The first kappa shape index (κ1) is 22.3. The third kappa shape index (κ3) is 6.06. The highest BCUT2D eigenvalue weighted by molar-refractivity contribution is 6.80. The molecule has 0 heterocycles. The van der Waals surface area contributed by atoms with Crippen molar-refractivity contribution in [3.05, 3.63) is 0 Å². The number of hydrogen-bond donors (Lipinski definition) is 1. The van der Waals surface area contributed by atoms with Gasteiger partial charge >= 0.3 is 26.7 Å². The molecule has 22 heavy (non-hydrogen) atoms. The van der Waals surface area contributed by atoms with Gasteiger partial charge in [-0.3, -0.25) is 0 Å². The predicted octanol–water partition coefficient (Wildman–Crippen LogP) is 0.224. The number of hydrogen-bond acceptors (Lipinski definition) is 9. The second-order valence-electron chi connectivity index (χ2n) is 4.39. The van der Waals surface area contributed by atoms with Crippen LogP contribution in [0.15, 0.2) is 0 Å². The lowest BCUT2D eigenvalue weighted by molar-refractivity contribution is 0.0147. The Morgan fingerprint density at radius 1 is 0.682 bits per heavy atom. The average Bonchev–Trinajstić information content (AvgIpc) is 2.56. The molecule has 0 bridgehead atoms. The molecule has 0 saturated heterocycles. The normalized spacial score (nSPS) is 13.6. The molecule has 0 aliphatic rings. The summed E-state index contributed by atoms with van der Waals surface area (Å²) in [6, 6.07) is 0.458. The molecular formula is C10H28O9Si3. The van der Waals surface area contributed by atoms with E-state index in [-0.39, 0.29) is 6.61 Å². The Hall–Kier alpha value is 0.291. The fourth-order valence-electron chi connectivity index (χ4n) is 1.80. The van der Waals surface area contributed by atoms with Crippen molar-refractivity contribution in [2.45, 2.75) is 19.0 Å². The first-order valence-corrected chi connectivity index (χ1v) is 12.5. The SMILES string of the molecule is CO[Si](OC)(OC)O[Si](C)(CCCO)O[Si](OC)(OC)OC. The number of aliphatic hydroxyl groups excluding tert-OH is 1. The first-order chi connectivity index (χ1) is 10.3. The Morgan fingerprint density at radius 3 is 1.23 bits per heavy atom. The van der Waals surface area contributed by atoms with Gasteiger partial charge in [-0.05, 0) is 19.0 Å². The quantitative estimate of drug-likeness (QED) is 0.453. The lowest BCUT2D eigenvalue weighted by Gasteiger charge is -2.38. The molecule has 0 aliphatic carbocycles. The Kier molecular flexibility index (Phi) is 10.4. The summed E-state index contributed by atoms with van der Waals surface area (Å²) in [5, 5.41) is 9.12. The van der Waals surface area contributed by atoms with E-state index in [0.717, 1.165) is 0 Å². The highest BCUT2D eigenvalue weighted by Gasteiger charge is 2.56. The van der Waals surface area contributed by atoms with Gasteiger partial charge in [0.25, 0.3) is 0 Å². The molecule has 0 spiro atoms. The van der Waals surface area contributed by atoms with Gasteiger partial charge in [0.15, 0.2) is 0 Å². The van der Waals surface area contributed by atoms with Gasteiger partial charge in [0.05, 0.1) is 0 Å². The minimum atomic E-state index is -3.33. The maximum atomic E-state index is 9.12. The summed E-state index contributed by atoms with van der Waals surface area (Å²) in [6.07, 6.45) is 0.478. The lowest BCUT2D eigenvalue weighted by atomic mass is 10.5. The molecular weight excluding hydrogens is 348 g/mol. The van der Waals surface area contributed by atoms with Crippen LogP contribution in [0.25, 0.3) is 0 Å². The molecule has 134 valence electrons. The standard InChI is InChI=1S/C10H28O9Si3/c1-12-21(13-2,14-3)18-20(7,10-8-9-11)19-22(15-4,16-5)17-6/h11H,8-10H2,1-7H3. The molecule has 0 aromatic carbocycles. The molecule has 0 aromatic rings. The molecule has 0 amide bonds. The van der Waals surface area contributed by atoms with Gasteiger partial charge in [-0.25, -0.2) is 0 Å². The van der Waals surface area contributed by atoms with Crippen LogP contribution in [0, 0.1) is 0 Å². The number of aliphatic hydroxyl groups is 1. The van der Waals surface area contributed by atoms with E-state index in [1.165, 1.54) is 42.7 Å². The largest absolute Gasteiger partial charge is 0.669 e. The zero-order valence-electron chi connectivity index (χ0n) is 14.3. The summed E-state index contributed by atoms with van der Waals surface area (Å²) in [4.78, 5) is 0. The predicted molar refractivity (Wildman–Crippen MR) is 83.9 cm³/mol. The van der Waals surface area contributed by atoms with Crippen molar-refractivity contribution in [3.63, 3.8) is 0 Å². The Morgan fingerprint density at radius 2 is 1.00 bits per heavy atom. The van der Waals surface area contributed by atoms with Crippen LogP contribution in [0.4, 0.5) is 0 Å². The van der Waals surface area contributed by atoms with Gasteiger partial charge < -0.3 is 39.9 Å². The molecule has 0 fully saturated rings. The zero-order valence-corrected chi connectivity index (χ0v) is 17.3. The van der Waals surface area contributed by atoms with Crippen LogP contribution in [0.5, 0.6) is 0 Å². The van der Waals surface area contributed by atoms with Gasteiger partial charge in [0, 0.05) is 49.3 Å². The van der Waals surface area contributed by atoms with Crippen molar-refractivity contribution in [2.75, 3.05) is 49.3 Å². The van der Waals surface area contributed by atoms with E-state index in [4.69, 9.17) is 39.9 Å². The average molecular weight is 377 g/mol. The second-order valence-corrected chi connectivity index (χ2v) is 13.2. The molecule has 12 heteroatoms. The van der Waals surface area contributed by atoms with Gasteiger partial charge in [-0.1, -0.05) is 0 Å². The fourth-order valence-corrected chi connectivity index (χ4v) is 11.2. The van der Waals surface area contributed by atoms with Crippen LogP contribution >= 0.6 is 0 Å². The minimum Gasteiger partial charge on any atom is -0.396 e. The molecule has 1 N–H and O–H groups in total. The summed E-state index contributed by atoms with van der Waals surface area (Å²) in [5.74, 6) is 0. The fraction of sp³-hybridized carbons (Fsp3) is 1.00. The Balaban J connectivity index is 5.37. The molecule has 0 unspecified atom stereocenters. The van der Waals surface area contributed by atoms with Crippen LogP contribution < -0.4 is 0 Å². The van der Waals surface area contributed by atoms with Crippen LogP contribution in [0.2, 0.25) is 12.6 Å². The smallest absolute Gasteiger partial charge is 0.396 e. The molecule has 0 radical (unpaired) electrons. The van der Waals surface area contributed by atoms with Crippen molar-refractivity contribution in [3.8, 4) is 0 Å². The molecule has 0 atom stereocenters. The van der Waals surface area contributed by atoms with Crippen LogP contribution in [0.1, 0.15) is 6.42 Å². The van der Waals surface area contributed by atoms with E-state index in [2.05, 4.69) is 0 Å². The van der Waals surface area contributed by atoms with E-state index in [0.29, 0.717) is 12.5 Å². The summed E-state index contributed by atoms with van der Waals surface area (Å²) in [5.41, 5.74) is 0. The third-order valence-corrected chi connectivity index (χ3v) is 12.7. The summed E-state index contributed by atoms with van der Waals surface area (Å²) in [7, 11) is -0.985. The van der Waals surface area contributed by atoms with Gasteiger partial charge in [-0.2, -0.15) is 0 Å². The van der Waals surface area contributed by atoms with Gasteiger partial charge in [0.2, 0.25) is 0 Å². The van der Waals surface area contributed by atoms with E-state index < -0.39 is 26.7 Å². The van der Waals surface area contributed by atoms with Crippen LogP contribution in [-0.2, 0) is 34.8 Å². The Labute approximate surface area is 135 Å². The summed E-state index contributed by atoms with van der Waals surface area (Å²) < 4.78 is 43.7. The van der Waals surface area contributed by atoms with Crippen LogP contribution in [-0.4, -0.2) is 81.0 Å². The molecule has 0 aromatic heterocycles. The third-order valence-electron chi connectivity index (χ3n) is 2.97. The summed E-state index contributed by atoms with van der Waals surface area (Å²) in [6.45, 7) is 1.79. The monoisotopic (exact) mass is 376 g/mol. The highest BCUT2D eigenvalue weighted by Crippen LogP contribution is 2.27. The minimum absolute atomic E-state index is 0.00167. The lowest BCUT2D eigenvalue weighted by Crippen LogP contribution is -2.62. The van der Waals surface area contributed by atoms with Gasteiger partial charge in [0.1, 0.15) is 0 Å². The van der Waals surface area contributed by atoms with Crippen molar-refractivity contribution >= 4 is 26.7 Å².